The number of carbonyl (C=O) groups excluding carboxylic acids is 1. The fourth-order valence-corrected chi connectivity index (χ4v) is 2.08. The Labute approximate surface area is 129 Å². The number of para-hydroxylation sites is 1. The zero-order chi connectivity index (χ0) is 15.4. The fourth-order valence-electron chi connectivity index (χ4n) is 1.59. The molecule has 0 saturated heterocycles. The highest BCUT2D eigenvalue weighted by molar-refractivity contribution is 6.40. The summed E-state index contributed by atoms with van der Waals surface area (Å²) in [5.41, 5.74) is 0.548. The average Bonchev–Trinajstić information content (AvgIpc) is 2.43. The molecule has 1 N–H and O–H groups in total. The Kier molecular flexibility index (Phi) is 4.98. The van der Waals surface area contributed by atoms with Gasteiger partial charge in [-0.05, 0) is 36.4 Å². The van der Waals surface area contributed by atoms with Gasteiger partial charge in [-0.3, -0.25) is 4.79 Å². The van der Waals surface area contributed by atoms with E-state index in [1.165, 1.54) is 24.3 Å². The van der Waals surface area contributed by atoms with E-state index >= 15 is 0 Å². The minimum atomic E-state index is -2.91. The monoisotopic (exact) mass is 331 g/mol. The van der Waals surface area contributed by atoms with Crippen molar-refractivity contribution >= 4 is 34.8 Å². The first-order chi connectivity index (χ1) is 9.97. The van der Waals surface area contributed by atoms with E-state index < -0.39 is 12.5 Å². The lowest BCUT2D eigenvalue weighted by molar-refractivity contribution is -0.0498. The number of benzene rings is 2. The van der Waals surface area contributed by atoms with Crippen LogP contribution in [0.2, 0.25) is 10.0 Å². The van der Waals surface area contributed by atoms with Crippen LogP contribution in [0.5, 0.6) is 5.75 Å². The molecule has 0 aliphatic heterocycles. The SMILES string of the molecule is O=C(Nc1c(Cl)cccc1Cl)c1ccc(OC(F)F)cc1. The lowest BCUT2D eigenvalue weighted by Gasteiger charge is -2.09. The lowest BCUT2D eigenvalue weighted by Crippen LogP contribution is -2.12. The molecule has 1 amide bonds. The molecule has 0 atom stereocenters. The zero-order valence-electron chi connectivity index (χ0n) is 10.4. The van der Waals surface area contributed by atoms with Gasteiger partial charge >= 0.3 is 6.61 Å². The van der Waals surface area contributed by atoms with Crippen molar-refractivity contribution in [2.45, 2.75) is 6.61 Å². The third-order valence-electron chi connectivity index (χ3n) is 2.54. The van der Waals surface area contributed by atoms with Crippen LogP contribution in [0, 0.1) is 0 Å². The first-order valence-corrected chi connectivity index (χ1v) is 6.53. The summed E-state index contributed by atoms with van der Waals surface area (Å²) in [6.45, 7) is -2.91. The number of halogens is 4. The molecule has 2 aromatic carbocycles. The highest BCUT2D eigenvalue weighted by Crippen LogP contribution is 2.30. The Bertz CT molecular complexity index is 628. The number of carbonyl (C=O) groups is 1. The molecule has 7 heteroatoms. The van der Waals surface area contributed by atoms with E-state index in [4.69, 9.17) is 23.2 Å². The van der Waals surface area contributed by atoms with E-state index in [9.17, 15) is 13.6 Å². The van der Waals surface area contributed by atoms with Crippen LogP contribution in [0.15, 0.2) is 42.5 Å². The number of anilines is 1. The number of rotatable bonds is 4. The van der Waals surface area contributed by atoms with E-state index in [0.29, 0.717) is 15.7 Å². The standard InChI is InChI=1S/C14H9Cl2F2NO2/c15-10-2-1-3-11(16)12(10)19-13(20)8-4-6-9(7-5-8)21-14(17)18/h1-7,14H,(H,19,20). The molecule has 0 aliphatic rings. The minimum absolute atomic E-state index is 0.0303. The number of hydrogen-bond acceptors (Lipinski definition) is 2. The van der Waals surface area contributed by atoms with Crippen molar-refractivity contribution < 1.29 is 18.3 Å². The van der Waals surface area contributed by atoms with Gasteiger partial charge in [-0.25, -0.2) is 0 Å². The Morgan fingerprint density at radius 1 is 1.05 bits per heavy atom. The Hall–Kier alpha value is -1.85. The average molecular weight is 332 g/mol. The maximum atomic E-state index is 12.0. The van der Waals surface area contributed by atoms with Crippen LogP contribution in [0.4, 0.5) is 14.5 Å². The molecule has 110 valence electrons. The summed E-state index contributed by atoms with van der Waals surface area (Å²) in [5, 5.41) is 3.16. The molecule has 0 bridgehead atoms. The van der Waals surface area contributed by atoms with Crippen LogP contribution in [-0.2, 0) is 0 Å². The van der Waals surface area contributed by atoms with Gasteiger partial charge in [-0.15, -0.1) is 0 Å². The Morgan fingerprint density at radius 2 is 1.62 bits per heavy atom. The summed E-state index contributed by atoms with van der Waals surface area (Å²) in [6, 6.07) is 10.1. The highest BCUT2D eigenvalue weighted by Gasteiger charge is 2.12. The van der Waals surface area contributed by atoms with Gasteiger partial charge in [0.1, 0.15) is 5.75 Å². The number of amides is 1. The molecule has 0 radical (unpaired) electrons. The maximum absolute atomic E-state index is 12.0. The number of ether oxygens (including phenoxy) is 1. The normalized spacial score (nSPS) is 10.5. The predicted molar refractivity (Wildman–Crippen MR) is 77.5 cm³/mol. The van der Waals surface area contributed by atoms with E-state index in [-0.39, 0.29) is 11.3 Å². The highest BCUT2D eigenvalue weighted by atomic mass is 35.5. The quantitative estimate of drug-likeness (QED) is 0.869. The topological polar surface area (TPSA) is 38.3 Å². The van der Waals surface area contributed by atoms with E-state index in [2.05, 4.69) is 10.1 Å². The van der Waals surface area contributed by atoms with Gasteiger partial charge in [0.2, 0.25) is 0 Å². The number of nitrogens with one attached hydrogen (secondary N) is 1. The lowest BCUT2D eigenvalue weighted by atomic mass is 10.2. The van der Waals surface area contributed by atoms with Gasteiger partial charge in [0, 0.05) is 5.56 Å². The second-order valence-corrected chi connectivity index (χ2v) is 4.77. The summed E-state index contributed by atoms with van der Waals surface area (Å²) in [6.07, 6.45) is 0. The minimum Gasteiger partial charge on any atom is -0.435 e. The molecule has 0 aromatic heterocycles. The molecule has 0 heterocycles. The Balaban J connectivity index is 2.13. The van der Waals surface area contributed by atoms with E-state index in [0.717, 1.165) is 0 Å². The number of alkyl halides is 2. The van der Waals surface area contributed by atoms with Gasteiger partial charge in [0.05, 0.1) is 15.7 Å². The fraction of sp³-hybridized carbons (Fsp3) is 0.0714. The third-order valence-corrected chi connectivity index (χ3v) is 3.17. The molecule has 2 aromatic rings. The molecule has 21 heavy (non-hydrogen) atoms. The summed E-state index contributed by atoms with van der Waals surface area (Å²) >= 11 is 11.9. The van der Waals surface area contributed by atoms with Crippen molar-refractivity contribution in [3.8, 4) is 5.75 Å². The molecule has 0 spiro atoms. The second-order valence-electron chi connectivity index (χ2n) is 3.95. The number of hydrogen-bond donors (Lipinski definition) is 1. The molecule has 0 aliphatic carbocycles. The molecule has 0 saturated carbocycles. The van der Waals surface area contributed by atoms with Crippen LogP contribution in [0.3, 0.4) is 0 Å². The summed E-state index contributed by atoms with van der Waals surface area (Å²) < 4.78 is 28.2. The van der Waals surface area contributed by atoms with E-state index in [1.54, 1.807) is 18.2 Å². The molecule has 2 rings (SSSR count). The van der Waals surface area contributed by atoms with Crippen LogP contribution in [-0.4, -0.2) is 12.5 Å². The summed E-state index contributed by atoms with van der Waals surface area (Å²) in [5.74, 6) is -0.495. The third kappa shape index (κ3) is 4.06. The second kappa shape index (κ2) is 6.74. The first-order valence-electron chi connectivity index (χ1n) is 5.77. The smallest absolute Gasteiger partial charge is 0.387 e. The van der Waals surface area contributed by atoms with Crippen molar-refractivity contribution in [3.05, 3.63) is 58.1 Å². The van der Waals surface area contributed by atoms with Crippen LogP contribution >= 0.6 is 23.2 Å². The maximum Gasteiger partial charge on any atom is 0.387 e. The van der Waals surface area contributed by atoms with Gasteiger partial charge < -0.3 is 10.1 Å². The van der Waals surface area contributed by atoms with Crippen molar-refractivity contribution in [1.29, 1.82) is 0 Å². The van der Waals surface area contributed by atoms with Crippen molar-refractivity contribution in [2.24, 2.45) is 0 Å². The van der Waals surface area contributed by atoms with Crippen LogP contribution < -0.4 is 10.1 Å². The molecular formula is C14H9Cl2F2NO2. The van der Waals surface area contributed by atoms with E-state index in [1.807, 2.05) is 0 Å². The molecule has 0 unspecified atom stereocenters. The summed E-state index contributed by atoms with van der Waals surface area (Å²) in [7, 11) is 0. The zero-order valence-corrected chi connectivity index (χ0v) is 12.0. The van der Waals surface area contributed by atoms with Crippen molar-refractivity contribution in [1.82, 2.24) is 0 Å². The van der Waals surface area contributed by atoms with Crippen LogP contribution in [0.1, 0.15) is 10.4 Å². The molecule has 0 fully saturated rings. The first kappa shape index (κ1) is 15.5. The van der Waals surface area contributed by atoms with Gasteiger partial charge in [0.15, 0.2) is 0 Å². The summed E-state index contributed by atoms with van der Waals surface area (Å²) in [4.78, 5) is 12.0. The van der Waals surface area contributed by atoms with Crippen molar-refractivity contribution in [3.63, 3.8) is 0 Å². The Morgan fingerprint density at radius 3 is 2.14 bits per heavy atom. The van der Waals surface area contributed by atoms with Crippen molar-refractivity contribution in [2.75, 3.05) is 5.32 Å². The molecular weight excluding hydrogens is 323 g/mol. The molecule has 3 nitrogen and oxygen atoms in total. The van der Waals surface area contributed by atoms with Gasteiger partial charge in [-0.2, -0.15) is 8.78 Å². The predicted octanol–water partition coefficient (Wildman–Crippen LogP) is 4.85. The van der Waals surface area contributed by atoms with Gasteiger partial charge in [-0.1, -0.05) is 29.3 Å². The van der Waals surface area contributed by atoms with Crippen LogP contribution in [0.25, 0.3) is 0 Å². The largest absolute Gasteiger partial charge is 0.435 e. The van der Waals surface area contributed by atoms with Gasteiger partial charge in [0.25, 0.3) is 5.91 Å².